The number of rotatable bonds is 9. The molecule has 0 saturated carbocycles. The topological polar surface area (TPSA) is 94.8 Å². The number of allylic oxidation sites excluding steroid dienone is 3. The molecule has 0 saturated heterocycles. The Labute approximate surface area is 161 Å². The number of phenols is 1. The average molecular weight is 374 g/mol. The highest BCUT2D eigenvalue weighted by molar-refractivity contribution is 5.91. The number of carboxylic acids is 1. The van der Waals surface area contributed by atoms with Crippen LogP contribution in [0.2, 0.25) is 0 Å². The molecule has 5 heteroatoms. The number of aromatic hydroxyl groups is 1. The molecule has 5 nitrogen and oxygen atoms in total. The van der Waals surface area contributed by atoms with Gasteiger partial charge in [-0.25, -0.2) is 4.79 Å². The number of aryl methyl sites for hydroxylation is 1. The van der Waals surface area contributed by atoms with Crippen LogP contribution in [0.15, 0.2) is 35.9 Å². The van der Waals surface area contributed by atoms with Crippen LogP contribution < -0.4 is 0 Å². The third-order valence-corrected chi connectivity index (χ3v) is 4.23. The maximum Gasteiger partial charge on any atom is 0.335 e. The second kappa shape index (κ2) is 9.51. The molecular formula is C22H30O5. The second-order valence-corrected chi connectivity index (χ2v) is 7.76. The lowest BCUT2D eigenvalue weighted by molar-refractivity contribution is -0.118. The number of phenolic OH excluding ortho intramolecular Hbond substituents is 1. The van der Waals surface area contributed by atoms with Gasteiger partial charge in [0.1, 0.15) is 5.75 Å². The van der Waals surface area contributed by atoms with Crippen LogP contribution in [-0.4, -0.2) is 32.7 Å². The van der Waals surface area contributed by atoms with Gasteiger partial charge in [-0.05, 0) is 76.3 Å². The van der Waals surface area contributed by atoms with Gasteiger partial charge in [-0.3, -0.25) is 4.79 Å². The van der Waals surface area contributed by atoms with E-state index in [9.17, 15) is 24.9 Å². The Bertz CT molecular complexity index is 747. The molecule has 0 fully saturated rings. The maximum absolute atomic E-state index is 12.2. The Morgan fingerprint density at radius 1 is 1.19 bits per heavy atom. The van der Waals surface area contributed by atoms with Gasteiger partial charge in [0.05, 0.1) is 11.2 Å². The minimum atomic E-state index is -1.05. The normalized spacial score (nSPS) is 12.8. The summed E-state index contributed by atoms with van der Waals surface area (Å²) in [5, 5.41) is 29.5. The molecule has 0 aliphatic carbocycles. The average Bonchev–Trinajstić information content (AvgIpc) is 2.56. The highest BCUT2D eigenvalue weighted by Crippen LogP contribution is 2.28. The second-order valence-electron chi connectivity index (χ2n) is 7.76. The van der Waals surface area contributed by atoms with Crippen molar-refractivity contribution in [1.29, 1.82) is 0 Å². The Morgan fingerprint density at radius 2 is 1.78 bits per heavy atom. The van der Waals surface area contributed by atoms with Crippen LogP contribution in [0.3, 0.4) is 0 Å². The molecule has 1 rings (SSSR count). The van der Waals surface area contributed by atoms with E-state index in [1.54, 1.807) is 20.8 Å². The molecule has 0 heterocycles. The molecule has 0 amide bonds. The molecule has 0 radical (unpaired) electrons. The monoisotopic (exact) mass is 374 g/mol. The minimum Gasteiger partial charge on any atom is -0.507 e. The first-order valence-electron chi connectivity index (χ1n) is 9.07. The summed E-state index contributed by atoms with van der Waals surface area (Å²) in [4.78, 5) is 23.5. The SMILES string of the molecule is CC(C)=CCc1cc(C(=O)O)cc(CC[C@H](C)C(=O)C=CC(C)(C)O)c1O. The molecule has 1 atom stereocenters. The zero-order chi connectivity index (χ0) is 20.8. The number of carbonyl (C=O) groups excluding carboxylic acids is 1. The van der Waals surface area contributed by atoms with E-state index in [-0.39, 0.29) is 23.0 Å². The summed E-state index contributed by atoms with van der Waals surface area (Å²) in [6, 6.07) is 2.95. The lowest BCUT2D eigenvalue weighted by atomic mass is 9.93. The molecule has 1 aromatic rings. The molecule has 1 aromatic carbocycles. The largest absolute Gasteiger partial charge is 0.507 e. The van der Waals surface area contributed by atoms with Gasteiger partial charge in [0.15, 0.2) is 5.78 Å². The zero-order valence-electron chi connectivity index (χ0n) is 16.7. The molecular weight excluding hydrogens is 344 g/mol. The molecule has 27 heavy (non-hydrogen) atoms. The molecule has 0 aromatic heterocycles. The van der Waals surface area contributed by atoms with Crippen LogP contribution in [0.5, 0.6) is 5.75 Å². The van der Waals surface area contributed by atoms with Crippen LogP contribution in [0, 0.1) is 5.92 Å². The molecule has 0 aliphatic heterocycles. The van der Waals surface area contributed by atoms with Gasteiger partial charge in [0, 0.05) is 5.92 Å². The number of ketones is 1. The summed E-state index contributed by atoms with van der Waals surface area (Å²) in [7, 11) is 0. The van der Waals surface area contributed by atoms with Gasteiger partial charge in [-0.2, -0.15) is 0 Å². The Morgan fingerprint density at radius 3 is 2.30 bits per heavy atom. The summed E-state index contributed by atoms with van der Waals surface area (Å²) >= 11 is 0. The van der Waals surface area contributed by atoms with Gasteiger partial charge < -0.3 is 15.3 Å². The molecule has 3 N–H and O–H groups in total. The van der Waals surface area contributed by atoms with E-state index < -0.39 is 11.6 Å². The third-order valence-electron chi connectivity index (χ3n) is 4.23. The van der Waals surface area contributed by atoms with E-state index in [1.807, 2.05) is 19.9 Å². The summed E-state index contributed by atoms with van der Waals surface area (Å²) in [6.07, 6.45) is 6.05. The fourth-order valence-electron chi connectivity index (χ4n) is 2.51. The fourth-order valence-corrected chi connectivity index (χ4v) is 2.51. The van der Waals surface area contributed by atoms with Crippen molar-refractivity contribution in [2.75, 3.05) is 0 Å². The lowest BCUT2D eigenvalue weighted by Gasteiger charge is -2.14. The van der Waals surface area contributed by atoms with Crippen molar-refractivity contribution in [3.8, 4) is 5.75 Å². The molecule has 0 aliphatic rings. The van der Waals surface area contributed by atoms with Crippen LogP contribution >= 0.6 is 0 Å². The van der Waals surface area contributed by atoms with Crippen molar-refractivity contribution < 1.29 is 24.9 Å². The molecule has 0 unspecified atom stereocenters. The third kappa shape index (κ3) is 7.79. The smallest absolute Gasteiger partial charge is 0.335 e. The van der Waals surface area contributed by atoms with Crippen molar-refractivity contribution >= 4 is 11.8 Å². The number of aliphatic hydroxyl groups is 1. The van der Waals surface area contributed by atoms with E-state index in [0.717, 1.165) is 5.57 Å². The van der Waals surface area contributed by atoms with Crippen LogP contribution in [0.4, 0.5) is 0 Å². The molecule has 0 spiro atoms. The van der Waals surface area contributed by atoms with Crippen molar-refractivity contribution in [2.45, 2.75) is 59.5 Å². The number of carboxylic acid groups (broad SMARTS) is 1. The summed E-state index contributed by atoms with van der Waals surface area (Å²) in [6.45, 7) is 8.83. The maximum atomic E-state index is 12.2. The fraction of sp³-hybridized carbons (Fsp3) is 0.455. The van der Waals surface area contributed by atoms with Crippen molar-refractivity contribution in [3.05, 3.63) is 52.6 Å². The first kappa shape index (κ1) is 22.6. The number of benzene rings is 1. The summed E-state index contributed by atoms with van der Waals surface area (Å²) in [5.41, 5.74) is 1.24. The predicted molar refractivity (Wildman–Crippen MR) is 106 cm³/mol. The highest BCUT2D eigenvalue weighted by atomic mass is 16.4. The first-order valence-corrected chi connectivity index (χ1v) is 9.07. The summed E-state index contributed by atoms with van der Waals surface area (Å²) < 4.78 is 0. The Kier molecular flexibility index (Phi) is 7.98. The van der Waals surface area contributed by atoms with Gasteiger partial charge >= 0.3 is 5.97 Å². The number of hydrogen-bond acceptors (Lipinski definition) is 4. The van der Waals surface area contributed by atoms with E-state index in [1.165, 1.54) is 24.3 Å². The number of carbonyl (C=O) groups is 2. The van der Waals surface area contributed by atoms with E-state index in [4.69, 9.17) is 0 Å². The number of hydrogen-bond donors (Lipinski definition) is 3. The van der Waals surface area contributed by atoms with Crippen LogP contribution in [0.1, 0.15) is 62.5 Å². The van der Waals surface area contributed by atoms with Gasteiger partial charge in [-0.15, -0.1) is 0 Å². The Hall–Kier alpha value is -2.40. The van der Waals surface area contributed by atoms with Crippen molar-refractivity contribution in [2.24, 2.45) is 5.92 Å². The minimum absolute atomic E-state index is 0.0872. The van der Waals surface area contributed by atoms with Crippen molar-refractivity contribution in [3.63, 3.8) is 0 Å². The van der Waals surface area contributed by atoms with E-state index in [2.05, 4.69) is 0 Å². The van der Waals surface area contributed by atoms with Gasteiger partial charge in [0.2, 0.25) is 0 Å². The molecule has 148 valence electrons. The van der Waals surface area contributed by atoms with Crippen molar-refractivity contribution in [1.82, 2.24) is 0 Å². The van der Waals surface area contributed by atoms with E-state index in [0.29, 0.717) is 30.4 Å². The molecule has 0 bridgehead atoms. The first-order chi connectivity index (χ1) is 12.4. The van der Waals surface area contributed by atoms with Gasteiger partial charge in [-0.1, -0.05) is 24.6 Å². The zero-order valence-corrected chi connectivity index (χ0v) is 16.7. The lowest BCUT2D eigenvalue weighted by Crippen LogP contribution is -2.16. The van der Waals surface area contributed by atoms with E-state index >= 15 is 0 Å². The quantitative estimate of drug-likeness (QED) is 0.447. The van der Waals surface area contributed by atoms with Crippen LogP contribution in [0.25, 0.3) is 0 Å². The number of aromatic carboxylic acids is 1. The standard InChI is InChI=1S/C22H30O5/c1-14(2)6-8-16-12-18(21(25)26)13-17(20(16)24)9-7-15(3)19(23)10-11-22(4,5)27/h6,10-13,15,24,27H,7-9H2,1-5H3,(H,25,26)/t15-/m0/s1. The Balaban J connectivity index is 2.98. The van der Waals surface area contributed by atoms with Gasteiger partial charge in [0.25, 0.3) is 0 Å². The predicted octanol–water partition coefficient (Wildman–Crippen LogP) is 4.06. The van der Waals surface area contributed by atoms with Crippen LogP contribution in [-0.2, 0) is 17.6 Å². The highest BCUT2D eigenvalue weighted by Gasteiger charge is 2.17. The summed E-state index contributed by atoms with van der Waals surface area (Å²) in [5.74, 6) is -1.38.